The van der Waals surface area contributed by atoms with Crippen molar-refractivity contribution in [3.8, 4) is 0 Å². The Morgan fingerprint density at radius 2 is 1.89 bits per heavy atom. The number of thiazole rings is 1. The van der Waals surface area contributed by atoms with E-state index in [9.17, 15) is 22.8 Å². The fourth-order valence-electron chi connectivity index (χ4n) is 2.71. The van der Waals surface area contributed by atoms with Crippen molar-refractivity contribution >= 4 is 52.1 Å². The van der Waals surface area contributed by atoms with E-state index in [-0.39, 0.29) is 22.8 Å². The first kappa shape index (κ1) is 24.1. The molecule has 180 valence electrons. The lowest BCUT2D eigenvalue weighted by molar-refractivity contribution is -0.137. The monoisotopic (exact) mass is 523 g/mol. The van der Waals surface area contributed by atoms with Crippen LogP contribution < -0.4 is 16.0 Å². The van der Waals surface area contributed by atoms with Crippen LogP contribution in [0.15, 0.2) is 53.6 Å². The number of anilines is 3. The van der Waals surface area contributed by atoms with Crippen LogP contribution in [0.2, 0.25) is 5.02 Å². The Morgan fingerprint density at radius 3 is 2.63 bits per heavy atom. The summed E-state index contributed by atoms with van der Waals surface area (Å²) >= 11 is 6.56. The molecule has 0 aliphatic heterocycles. The van der Waals surface area contributed by atoms with Crippen LogP contribution in [0.5, 0.6) is 0 Å². The summed E-state index contributed by atoms with van der Waals surface area (Å²) in [5.74, 6) is -0.451. The number of nitrogens with zero attached hydrogens (tertiary/aromatic N) is 4. The zero-order valence-electron chi connectivity index (χ0n) is 17.3. The molecule has 0 spiro atoms. The van der Waals surface area contributed by atoms with Crippen LogP contribution >= 0.6 is 22.9 Å². The summed E-state index contributed by atoms with van der Waals surface area (Å²) in [4.78, 5) is 36.9. The van der Waals surface area contributed by atoms with Gasteiger partial charge in [0.2, 0.25) is 0 Å². The third kappa shape index (κ3) is 6.10. The predicted molar refractivity (Wildman–Crippen MR) is 120 cm³/mol. The Kier molecular flexibility index (Phi) is 6.93. The van der Waals surface area contributed by atoms with Crippen molar-refractivity contribution in [1.82, 2.24) is 25.4 Å². The minimum absolute atomic E-state index is 0.00794. The molecule has 1 aromatic carbocycles. The number of amides is 2. The maximum absolute atomic E-state index is 13.0. The molecule has 0 aliphatic carbocycles. The summed E-state index contributed by atoms with van der Waals surface area (Å²) < 4.78 is 43.8. The number of halogens is 4. The number of rotatable bonds is 7. The lowest BCUT2D eigenvalue weighted by atomic mass is 10.2. The van der Waals surface area contributed by atoms with Crippen molar-refractivity contribution in [3.63, 3.8) is 0 Å². The van der Waals surface area contributed by atoms with Gasteiger partial charge in [-0.25, -0.2) is 15.0 Å². The maximum atomic E-state index is 13.0. The van der Waals surface area contributed by atoms with Crippen LogP contribution in [0.3, 0.4) is 0 Å². The first-order valence-corrected chi connectivity index (χ1v) is 10.8. The van der Waals surface area contributed by atoms with Gasteiger partial charge in [0.05, 0.1) is 23.3 Å². The van der Waals surface area contributed by atoms with Gasteiger partial charge in [0, 0.05) is 17.8 Å². The Balaban J connectivity index is 1.35. The molecule has 15 heteroatoms. The third-order valence-electron chi connectivity index (χ3n) is 4.30. The van der Waals surface area contributed by atoms with E-state index in [1.165, 1.54) is 30.9 Å². The minimum atomic E-state index is -4.66. The molecule has 0 radical (unpaired) electrons. The summed E-state index contributed by atoms with van der Waals surface area (Å²) in [5.41, 5.74) is -1.06. The molecule has 0 fully saturated rings. The third-order valence-corrected chi connectivity index (χ3v) is 5.63. The fraction of sp³-hybridized carbons (Fsp3) is 0.100. The first-order valence-electron chi connectivity index (χ1n) is 9.59. The predicted octanol–water partition coefficient (Wildman–Crippen LogP) is 4.52. The van der Waals surface area contributed by atoms with E-state index < -0.39 is 28.6 Å². The second-order valence-corrected chi connectivity index (χ2v) is 8.27. The number of aromatic nitrogens is 4. The minimum Gasteiger partial charge on any atom is -0.363 e. The molecule has 4 rings (SSSR count). The van der Waals surface area contributed by atoms with Crippen molar-refractivity contribution < 1.29 is 27.3 Å². The normalized spacial score (nSPS) is 11.2. The molecule has 3 N–H and O–H groups in total. The van der Waals surface area contributed by atoms with E-state index in [0.717, 1.165) is 23.5 Å². The van der Waals surface area contributed by atoms with Gasteiger partial charge in [0.1, 0.15) is 34.0 Å². The molecule has 0 saturated heterocycles. The van der Waals surface area contributed by atoms with Crippen molar-refractivity contribution in [2.75, 3.05) is 10.6 Å². The number of benzene rings is 1. The van der Waals surface area contributed by atoms with Gasteiger partial charge >= 0.3 is 6.18 Å². The van der Waals surface area contributed by atoms with Gasteiger partial charge in [0.15, 0.2) is 5.82 Å². The highest BCUT2D eigenvalue weighted by atomic mass is 35.5. The molecule has 0 saturated carbocycles. The Labute approximate surface area is 203 Å². The van der Waals surface area contributed by atoms with Crippen molar-refractivity contribution in [2.24, 2.45) is 0 Å². The number of carbonyl (C=O) groups excluding carboxylic acids is 2. The Morgan fingerprint density at radius 1 is 1.06 bits per heavy atom. The number of hydrogen-bond donors (Lipinski definition) is 3. The SMILES string of the molecule is O=C(NCc1ncc(C(=O)Nc2ccc(Cl)c(C(F)(F)F)c2)s1)c1cc(Nc2ccon2)ncn1. The largest absolute Gasteiger partial charge is 0.417 e. The quantitative estimate of drug-likeness (QED) is 0.322. The molecule has 0 unspecified atom stereocenters. The van der Waals surface area contributed by atoms with E-state index in [4.69, 9.17) is 16.1 Å². The summed E-state index contributed by atoms with van der Waals surface area (Å²) in [7, 11) is 0. The molecule has 35 heavy (non-hydrogen) atoms. The fourth-order valence-corrected chi connectivity index (χ4v) is 3.69. The van der Waals surface area contributed by atoms with E-state index in [1.807, 2.05) is 0 Å². The van der Waals surface area contributed by atoms with Gasteiger partial charge in [-0.1, -0.05) is 16.8 Å². The lowest BCUT2D eigenvalue weighted by Gasteiger charge is -2.11. The first-order chi connectivity index (χ1) is 16.7. The van der Waals surface area contributed by atoms with Crippen LogP contribution in [-0.4, -0.2) is 31.9 Å². The molecule has 0 aliphatic rings. The molecular formula is C20H13ClF3N7O3S. The van der Waals surface area contributed by atoms with Gasteiger partial charge in [-0.15, -0.1) is 11.3 Å². The van der Waals surface area contributed by atoms with Gasteiger partial charge in [-0.05, 0) is 18.2 Å². The van der Waals surface area contributed by atoms with E-state index in [2.05, 4.69) is 36.1 Å². The molecule has 0 atom stereocenters. The highest BCUT2D eigenvalue weighted by molar-refractivity contribution is 7.13. The highest BCUT2D eigenvalue weighted by Gasteiger charge is 2.33. The standard InChI is InChI=1S/C20H13ClF3N7O3S/c21-12-2-1-10(5-11(12)20(22,23)24)29-19(33)14-7-25-17(35-14)8-26-18(32)13-6-16(28-9-27-13)30-15-3-4-34-31-15/h1-7,9H,8H2,(H,26,32)(H,29,33)(H,27,28,30,31). The van der Waals surface area contributed by atoms with Gasteiger partial charge < -0.3 is 20.5 Å². The lowest BCUT2D eigenvalue weighted by Crippen LogP contribution is -2.24. The molecule has 10 nitrogen and oxygen atoms in total. The van der Waals surface area contributed by atoms with Crippen LogP contribution in [0.25, 0.3) is 0 Å². The number of carbonyl (C=O) groups is 2. The Bertz CT molecular complexity index is 1360. The van der Waals surface area contributed by atoms with Gasteiger partial charge in [-0.3, -0.25) is 9.59 Å². The van der Waals surface area contributed by atoms with Crippen LogP contribution in [-0.2, 0) is 12.7 Å². The number of alkyl halides is 3. The average molecular weight is 524 g/mol. The summed E-state index contributed by atoms with van der Waals surface area (Å²) in [6.45, 7) is -0.00794. The van der Waals surface area contributed by atoms with Crippen molar-refractivity contribution in [3.05, 3.63) is 75.3 Å². The van der Waals surface area contributed by atoms with Crippen molar-refractivity contribution in [2.45, 2.75) is 12.7 Å². The molecule has 2 amide bonds. The Hall–Kier alpha value is -4.04. The molecular weight excluding hydrogens is 511 g/mol. The number of nitrogens with one attached hydrogen (secondary N) is 3. The molecule has 0 bridgehead atoms. The van der Waals surface area contributed by atoms with Crippen LogP contribution in [0.4, 0.5) is 30.5 Å². The summed E-state index contributed by atoms with van der Waals surface area (Å²) in [6.07, 6.45) is -0.837. The van der Waals surface area contributed by atoms with Crippen LogP contribution in [0, 0.1) is 0 Å². The summed E-state index contributed by atoms with van der Waals surface area (Å²) in [5, 5.41) is 11.4. The highest BCUT2D eigenvalue weighted by Crippen LogP contribution is 2.36. The second-order valence-electron chi connectivity index (χ2n) is 6.75. The second kappa shape index (κ2) is 10.1. The molecule has 3 heterocycles. The number of hydrogen-bond acceptors (Lipinski definition) is 9. The topological polar surface area (TPSA) is 135 Å². The molecule has 3 aromatic heterocycles. The van der Waals surface area contributed by atoms with Crippen molar-refractivity contribution in [1.29, 1.82) is 0 Å². The summed E-state index contributed by atoms with van der Waals surface area (Å²) in [6, 6.07) is 6.03. The van der Waals surface area contributed by atoms with Crippen LogP contribution in [0.1, 0.15) is 30.7 Å². The zero-order valence-corrected chi connectivity index (χ0v) is 18.8. The van der Waals surface area contributed by atoms with Gasteiger partial charge in [-0.2, -0.15) is 13.2 Å². The van der Waals surface area contributed by atoms with E-state index >= 15 is 0 Å². The van der Waals surface area contributed by atoms with E-state index in [0.29, 0.717) is 16.6 Å². The van der Waals surface area contributed by atoms with Gasteiger partial charge in [0.25, 0.3) is 11.8 Å². The average Bonchev–Trinajstić information content (AvgIpc) is 3.50. The zero-order chi connectivity index (χ0) is 25.0. The van der Waals surface area contributed by atoms with E-state index in [1.54, 1.807) is 6.07 Å². The smallest absolute Gasteiger partial charge is 0.363 e. The molecule has 4 aromatic rings. The maximum Gasteiger partial charge on any atom is 0.417 e.